The van der Waals surface area contributed by atoms with E-state index in [-0.39, 0.29) is 23.9 Å². The third-order valence-electron chi connectivity index (χ3n) is 6.83. The molecule has 0 aliphatic carbocycles. The highest BCUT2D eigenvalue weighted by Crippen LogP contribution is 2.39. The first-order valence-corrected chi connectivity index (χ1v) is 13.9. The number of nitrogens with zero attached hydrogens (tertiary/aromatic N) is 1. The number of methoxy groups -OCH3 is 6. The van der Waals surface area contributed by atoms with Crippen LogP contribution in [0.25, 0.3) is 12.2 Å². The minimum Gasteiger partial charge on any atom is -0.493 e. The molecule has 2 atom stereocenters. The molecule has 1 saturated heterocycles. The van der Waals surface area contributed by atoms with Gasteiger partial charge in [0.05, 0.1) is 54.7 Å². The lowest BCUT2D eigenvalue weighted by Gasteiger charge is -2.19. The fourth-order valence-electron chi connectivity index (χ4n) is 4.77. The number of ether oxygens (including phenoxy) is 6. The molecule has 3 rings (SSSR count). The van der Waals surface area contributed by atoms with E-state index in [1.807, 2.05) is 43.5 Å². The van der Waals surface area contributed by atoms with E-state index in [1.54, 1.807) is 67.0 Å². The molecule has 2 N–H and O–H groups in total. The minimum absolute atomic E-state index is 0.247. The third kappa shape index (κ3) is 9.05. The Labute approximate surface area is 258 Å². The lowest BCUT2D eigenvalue weighted by molar-refractivity contribution is -0.119. The second kappa shape index (κ2) is 16.7. The molecule has 0 bridgehead atoms. The summed E-state index contributed by atoms with van der Waals surface area (Å²) in [4.78, 5) is 27.3. The van der Waals surface area contributed by atoms with Gasteiger partial charge in [0.2, 0.25) is 23.3 Å². The van der Waals surface area contributed by atoms with E-state index in [4.69, 9.17) is 28.4 Å². The number of amides is 2. The fraction of sp³-hybridized carbons (Fsp3) is 0.333. The first-order valence-electron chi connectivity index (χ1n) is 13.9. The highest BCUT2D eigenvalue weighted by atomic mass is 16.5. The highest BCUT2D eigenvalue weighted by molar-refractivity contribution is 5.89. The standard InChI is InChI=1S/C33H41N3O8/c1-36-20-24(34-30(37)14-10-8-12-22-16-26(39-2)32(43-6)27(17-22)40-3)25(21-36)35-31(38)15-11-9-13-23-18-28(41-4)33(44-7)29(19-23)42-5/h8-19,24-25H,20-21H2,1-7H3,(H,34,37)(H,35,38)/b12-8+,13-9+,14-10+,15-11+/t24-,25?/m1/s1. The van der Waals surface area contributed by atoms with Gasteiger partial charge in [-0.2, -0.15) is 0 Å². The van der Waals surface area contributed by atoms with E-state index < -0.39 is 0 Å². The predicted molar refractivity (Wildman–Crippen MR) is 170 cm³/mol. The average Bonchev–Trinajstić information content (AvgIpc) is 3.37. The van der Waals surface area contributed by atoms with E-state index in [0.29, 0.717) is 47.6 Å². The fourth-order valence-corrected chi connectivity index (χ4v) is 4.77. The van der Waals surface area contributed by atoms with Crippen LogP contribution in [-0.4, -0.2) is 91.6 Å². The summed E-state index contributed by atoms with van der Waals surface area (Å²) >= 11 is 0. The van der Waals surface area contributed by atoms with Crippen molar-refractivity contribution >= 4 is 24.0 Å². The molecular weight excluding hydrogens is 566 g/mol. The van der Waals surface area contributed by atoms with Crippen molar-refractivity contribution in [2.75, 3.05) is 62.8 Å². The van der Waals surface area contributed by atoms with Crippen LogP contribution in [0.4, 0.5) is 0 Å². The largest absolute Gasteiger partial charge is 0.493 e. The molecule has 1 aliphatic heterocycles. The number of benzene rings is 2. The number of carbonyl (C=O) groups excluding carboxylic acids is 2. The van der Waals surface area contributed by atoms with Crippen molar-refractivity contribution in [3.63, 3.8) is 0 Å². The zero-order valence-electron chi connectivity index (χ0n) is 26.2. The molecule has 2 amide bonds. The summed E-state index contributed by atoms with van der Waals surface area (Å²) in [5.74, 6) is 2.64. The lowest BCUT2D eigenvalue weighted by Crippen LogP contribution is -2.50. The molecule has 0 aromatic heterocycles. The summed E-state index contributed by atoms with van der Waals surface area (Å²) < 4.78 is 32.2. The molecule has 44 heavy (non-hydrogen) atoms. The van der Waals surface area contributed by atoms with Crippen molar-refractivity contribution in [3.05, 3.63) is 71.8 Å². The highest BCUT2D eigenvalue weighted by Gasteiger charge is 2.32. The number of likely N-dealkylation sites (tertiary alicyclic amines) is 1. The Balaban J connectivity index is 1.56. The molecular formula is C33H41N3O8. The zero-order chi connectivity index (χ0) is 32.1. The molecule has 0 saturated carbocycles. The Kier molecular flexibility index (Phi) is 12.7. The van der Waals surface area contributed by atoms with Crippen molar-refractivity contribution < 1.29 is 38.0 Å². The topological polar surface area (TPSA) is 117 Å². The molecule has 11 heteroatoms. The van der Waals surface area contributed by atoms with Crippen molar-refractivity contribution in [1.82, 2.24) is 15.5 Å². The van der Waals surface area contributed by atoms with Crippen LogP contribution in [0.2, 0.25) is 0 Å². The second-order valence-corrected chi connectivity index (χ2v) is 9.81. The molecule has 0 spiro atoms. The van der Waals surface area contributed by atoms with Gasteiger partial charge in [-0.3, -0.25) is 9.59 Å². The van der Waals surface area contributed by atoms with Gasteiger partial charge in [0, 0.05) is 25.2 Å². The molecule has 1 unspecified atom stereocenters. The lowest BCUT2D eigenvalue weighted by atomic mass is 10.1. The Morgan fingerprint density at radius 2 is 0.955 bits per heavy atom. The number of likely N-dealkylation sites (N-methyl/N-ethyl adjacent to an activating group) is 1. The van der Waals surface area contributed by atoms with E-state index in [2.05, 4.69) is 15.5 Å². The molecule has 1 aliphatic rings. The monoisotopic (exact) mass is 607 g/mol. The number of allylic oxidation sites excluding steroid dienone is 4. The third-order valence-corrected chi connectivity index (χ3v) is 6.83. The SMILES string of the molecule is COc1cc(/C=C/C=C/C(=O)NC2CN(C)C[C@H]2NC(=O)/C=C/C=C/c2cc(OC)c(OC)c(OC)c2)cc(OC)c1OC. The van der Waals surface area contributed by atoms with E-state index >= 15 is 0 Å². The first-order chi connectivity index (χ1) is 21.3. The molecule has 11 nitrogen and oxygen atoms in total. The normalized spacial score (nSPS) is 17.0. The summed E-state index contributed by atoms with van der Waals surface area (Å²) in [5, 5.41) is 5.98. The average molecular weight is 608 g/mol. The van der Waals surface area contributed by atoms with Crippen LogP contribution in [0.15, 0.2) is 60.7 Å². The molecule has 0 radical (unpaired) electrons. The first kappa shape index (κ1) is 33.6. The summed E-state index contributed by atoms with van der Waals surface area (Å²) in [6.45, 7) is 1.22. The number of rotatable bonds is 14. The molecule has 236 valence electrons. The Hall–Kier alpha value is -4.90. The van der Waals surface area contributed by atoms with Gasteiger partial charge in [-0.1, -0.05) is 36.5 Å². The van der Waals surface area contributed by atoms with Gasteiger partial charge < -0.3 is 44.0 Å². The van der Waals surface area contributed by atoms with Crippen LogP contribution >= 0.6 is 0 Å². The van der Waals surface area contributed by atoms with Gasteiger partial charge in [0.15, 0.2) is 23.0 Å². The summed E-state index contributed by atoms with van der Waals surface area (Å²) in [5.41, 5.74) is 1.63. The molecule has 1 fully saturated rings. The van der Waals surface area contributed by atoms with Gasteiger partial charge >= 0.3 is 0 Å². The van der Waals surface area contributed by atoms with Gasteiger partial charge in [-0.05, 0) is 42.4 Å². The molecule has 2 aromatic rings. The predicted octanol–water partition coefficient (Wildman–Crippen LogP) is 3.49. The Bertz CT molecular complexity index is 1260. The summed E-state index contributed by atoms with van der Waals surface area (Å²) in [6.07, 6.45) is 13.3. The van der Waals surface area contributed by atoms with E-state index in [9.17, 15) is 9.59 Å². The second-order valence-electron chi connectivity index (χ2n) is 9.81. The van der Waals surface area contributed by atoms with Crippen molar-refractivity contribution in [1.29, 1.82) is 0 Å². The molecule has 2 aromatic carbocycles. The zero-order valence-corrected chi connectivity index (χ0v) is 26.2. The number of hydrogen-bond donors (Lipinski definition) is 2. The van der Waals surface area contributed by atoms with Crippen LogP contribution in [0.1, 0.15) is 11.1 Å². The van der Waals surface area contributed by atoms with Gasteiger partial charge in [0.1, 0.15) is 0 Å². The molecule has 1 heterocycles. The quantitative estimate of drug-likeness (QED) is 0.246. The number of hydrogen-bond acceptors (Lipinski definition) is 9. The van der Waals surface area contributed by atoms with Crippen LogP contribution in [0, 0.1) is 0 Å². The summed E-state index contributed by atoms with van der Waals surface area (Å²) in [6, 6.07) is 6.75. The van der Waals surface area contributed by atoms with Gasteiger partial charge in [0.25, 0.3) is 0 Å². The van der Waals surface area contributed by atoms with Gasteiger partial charge in [-0.15, -0.1) is 0 Å². The van der Waals surface area contributed by atoms with Crippen LogP contribution < -0.4 is 39.1 Å². The Morgan fingerprint density at radius 1 is 0.614 bits per heavy atom. The van der Waals surface area contributed by atoms with Gasteiger partial charge in [-0.25, -0.2) is 0 Å². The van der Waals surface area contributed by atoms with Crippen molar-refractivity contribution in [2.45, 2.75) is 12.1 Å². The smallest absolute Gasteiger partial charge is 0.244 e. The maximum absolute atomic E-state index is 12.6. The van der Waals surface area contributed by atoms with Crippen LogP contribution in [-0.2, 0) is 9.59 Å². The Morgan fingerprint density at radius 3 is 1.25 bits per heavy atom. The van der Waals surface area contributed by atoms with Crippen molar-refractivity contribution in [2.24, 2.45) is 0 Å². The maximum atomic E-state index is 12.6. The number of carbonyl (C=O) groups is 2. The minimum atomic E-state index is -0.261. The van der Waals surface area contributed by atoms with E-state index in [1.165, 1.54) is 12.2 Å². The van der Waals surface area contributed by atoms with Crippen LogP contribution in [0.3, 0.4) is 0 Å². The maximum Gasteiger partial charge on any atom is 0.244 e. The number of nitrogens with one attached hydrogen (secondary N) is 2. The van der Waals surface area contributed by atoms with E-state index in [0.717, 1.165) is 11.1 Å². The van der Waals surface area contributed by atoms with Crippen molar-refractivity contribution in [3.8, 4) is 34.5 Å². The van der Waals surface area contributed by atoms with Crippen LogP contribution in [0.5, 0.6) is 34.5 Å². The summed E-state index contributed by atoms with van der Waals surface area (Å²) in [7, 11) is 11.2.